The van der Waals surface area contributed by atoms with Gasteiger partial charge in [0.2, 0.25) is 29.4 Å². The third-order valence-corrected chi connectivity index (χ3v) is 5.29. The van der Waals surface area contributed by atoms with Crippen LogP contribution in [0.4, 0.5) is 0 Å². The first-order valence-corrected chi connectivity index (χ1v) is 9.60. The van der Waals surface area contributed by atoms with Crippen LogP contribution in [-0.4, -0.2) is 62.6 Å². The van der Waals surface area contributed by atoms with Crippen LogP contribution in [0.25, 0.3) is 0 Å². The van der Waals surface area contributed by atoms with Gasteiger partial charge in [0, 0.05) is 31.0 Å². The van der Waals surface area contributed by atoms with Gasteiger partial charge in [-0.2, -0.15) is 0 Å². The predicted molar refractivity (Wildman–Crippen MR) is 99.0 cm³/mol. The van der Waals surface area contributed by atoms with Crippen molar-refractivity contribution >= 4 is 29.6 Å². The summed E-state index contributed by atoms with van der Waals surface area (Å²) in [6, 6.07) is 0.654. The molecule has 12 heteroatoms. The van der Waals surface area contributed by atoms with Crippen molar-refractivity contribution in [1.82, 2.24) is 25.2 Å². The van der Waals surface area contributed by atoms with Crippen molar-refractivity contribution in [2.75, 3.05) is 7.11 Å². The van der Waals surface area contributed by atoms with Crippen LogP contribution in [0.5, 0.6) is 0 Å². The molecule has 2 unspecified atom stereocenters. The molecule has 0 radical (unpaired) electrons. The van der Waals surface area contributed by atoms with Crippen molar-refractivity contribution in [1.29, 1.82) is 0 Å². The van der Waals surface area contributed by atoms with E-state index in [0.717, 1.165) is 4.90 Å². The number of methoxy groups -OCH3 is 1. The van der Waals surface area contributed by atoms with Crippen molar-refractivity contribution < 1.29 is 33.1 Å². The number of aromatic nitrogens is 3. The smallest absolute Gasteiger partial charge is 0.374 e. The number of hydrogen-bond acceptors (Lipinski definition) is 9. The van der Waals surface area contributed by atoms with Crippen molar-refractivity contribution in [3.8, 4) is 0 Å². The highest BCUT2D eigenvalue weighted by atomic mass is 16.5. The van der Waals surface area contributed by atoms with Gasteiger partial charge in [-0.25, -0.2) is 9.48 Å². The minimum absolute atomic E-state index is 0.0440. The molecular weight excluding hydrogens is 410 g/mol. The fourth-order valence-corrected chi connectivity index (χ4v) is 3.80. The van der Waals surface area contributed by atoms with Gasteiger partial charge in [0.05, 0.1) is 31.5 Å². The fraction of sp³-hybridized carbons (Fsp3) is 0.421. The Balaban J connectivity index is 1.42. The largest absolute Gasteiger partial charge is 0.463 e. The molecule has 2 fully saturated rings. The Bertz CT molecular complexity index is 1070. The van der Waals surface area contributed by atoms with Gasteiger partial charge in [-0.3, -0.25) is 29.4 Å². The van der Waals surface area contributed by atoms with E-state index in [4.69, 9.17) is 4.42 Å². The summed E-state index contributed by atoms with van der Waals surface area (Å²) in [7, 11) is 1.25. The van der Waals surface area contributed by atoms with Gasteiger partial charge in [0.25, 0.3) is 0 Å². The third-order valence-electron chi connectivity index (χ3n) is 5.29. The standard InChI is InChI=1S/C19H19N5O7/c1-30-19(29)16-10(4-5-31-16)8-23-9-12(21-22-23)6-11-7-15(26)24(18(11)28)13-2-3-14(25)20-17(13)27/h4-5,9,11,13H,2-3,6-8H2,1H3,(H,20,25,27). The molecule has 2 aliphatic heterocycles. The van der Waals surface area contributed by atoms with Gasteiger partial charge in [0.1, 0.15) is 6.04 Å². The van der Waals surface area contributed by atoms with Gasteiger partial charge in [-0.05, 0) is 12.5 Å². The lowest BCUT2D eigenvalue weighted by molar-refractivity contribution is -0.151. The van der Waals surface area contributed by atoms with Crippen molar-refractivity contribution in [3.63, 3.8) is 0 Å². The molecule has 0 bridgehead atoms. The van der Waals surface area contributed by atoms with E-state index in [1.807, 2.05) is 0 Å². The topological polar surface area (TPSA) is 154 Å². The number of carbonyl (C=O) groups is 5. The zero-order valence-electron chi connectivity index (χ0n) is 16.6. The van der Waals surface area contributed by atoms with Crippen LogP contribution >= 0.6 is 0 Å². The summed E-state index contributed by atoms with van der Waals surface area (Å²) in [5, 5.41) is 10.2. The molecule has 2 aromatic heterocycles. The maximum Gasteiger partial charge on any atom is 0.374 e. The first kappa shape index (κ1) is 20.4. The number of nitrogens with zero attached hydrogens (tertiary/aromatic N) is 4. The summed E-state index contributed by atoms with van der Waals surface area (Å²) in [6.45, 7) is 0.202. The second-order valence-corrected chi connectivity index (χ2v) is 7.35. The number of rotatable bonds is 6. The minimum Gasteiger partial charge on any atom is -0.463 e. The van der Waals surface area contributed by atoms with E-state index in [0.29, 0.717) is 11.3 Å². The van der Waals surface area contributed by atoms with Crippen molar-refractivity contribution in [2.24, 2.45) is 5.92 Å². The summed E-state index contributed by atoms with van der Waals surface area (Å²) in [5.74, 6) is -3.16. The van der Waals surface area contributed by atoms with Gasteiger partial charge in [-0.15, -0.1) is 5.10 Å². The number of ether oxygens (including phenoxy) is 1. The summed E-state index contributed by atoms with van der Waals surface area (Å²) >= 11 is 0. The lowest BCUT2D eigenvalue weighted by atomic mass is 10.0. The highest BCUT2D eigenvalue weighted by Gasteiger charge is 2.46. The molecule has 2 saturated heterocycles. The lowest BCUT2D eigenvalue weighted by Crippen LogP contribution is -2.54. The van der Waals surface area contributed by atoms with E-state index in [-0.39, 0.29) is 38.0 Å². The summed E-state index contributed by atoms with van der Waals surface area (Å²) in [4.78, 5) is 61.2. The highest BCUT2D eigenvalue weighted by molar-refractivity contribution is 6.09. The summed E-state index contributed by atoms with van der Waals surface area (Å²) in [5.41, 5.74) is 1.04. The van der Waals surface area contributed by atoms with Crippen LogP contribution < -0.4 is 5.32 Å². The molecule has 0 spiro atoms. The van der Waals surface area contributed by atoms with Crippen LogP contribution in [0.2, 0.25) is 0 Å². The number of amides is 4. The number of furan rings is 1. The molecule has 2 aromatic rings. The Morgan fingerprint density at radius 2 is 2.13 bits per heavy atom. The number of hydrogen-bond donors (Lipinski definition) is 1. The molecule has 0 aliphatic carbocycles. The maximum absolute atomic E-state index is 12.8. The lowest BCUT2D eigenvalue weighted by Gasteiger charge is -2.28. The SMILES string of the molecule is COC(=O)c1occc1Cn1cc(CC2CC(=O)N(C3CCC(=O)NC3=O)C2=O)nn1. The average Bonchev–Trinajstić information content (AvgIpc) is 3.44. The third kappa shape index (κ3) is 3.96. The van der Waals surface area contributed by atoms with Crippen LogP contribution in [0, 0.1) is 5.92 Å². The van der Waals surface area contributed by atoms with Crippen LogP contribution in [0.3, 0.4) is 0 Å². The number of esters is 1. The second kappa shape index (κ2) is 8.13. The Kier molecular flexibility index (Phi) is 5.36. The van der Waals surface area contributed by atoms with Gasteiger partial charge in [0.15, 0.2) is 0 Å². The Morgan fingerprint density at radius 1 is 1.32 bits per heavy atom. The number of likely N-dealkylation sites (tertiary alicyclic amines) is 1. The van der Waals surface area contributed by atoms with Crippen LogP contribution in [-0.2, 0) is 36.9 Å². The van der Waals surface area contributed by atoms with Gasteiger partial charge in [-0.1, -0.05) is 5.21 Å². The van der Waals surface area contributed by atoms with Gasteiger partial charge < -0.3 is 9.15 Å². The molecule has 0 saturated carbocycles. The second-order valence-electron chi connectivity index (χ2n) is 7.35. The molecule has 162 valence electrons. The summed E-state index contributed by atoms with van der Waals surface area (Å²) < 4.78 is 11.3. The average molecular weight is 429 g/mol. The molecule has 4 heterocycles. The van der Waals surface area contributed by atoms with E-state index in [1.54, 1.807) is 12.3 Å². The number of imide groups is 2. The predicted octanol–water partition coefficient (Wildman–Crippen LogP) is -0.571. The molecule has 31 heavy (non-hydrogen) atoms. The zero-order chi connectivity index (χ0) is 22.1. The van der Waals surface area contributed by atoms with Crippen molar-refractivity contribution in [2.45, 2.75) is 38.3 Å². The quantitative estimate of drug-likeness (QED) is 0.469. The zero-order valence-corrected chi connectivity index (χ0v) is 16.6. The molecule has 4 rings (SSSR count). The maximum atomic E-state index is 12.8. The normalized spacial score (nSPS) is 21.5. The molecule has 12 nitrogen and oxygen atoms in total. The summed E-state index contributed by atoms with van der Waals surface area (Å²) in [6.07, 6.45) is 3.31. The number of nitrogens with one attached hydrogen (secondary N) is 1. The minimum atomic E-state index is -0.962. The Labute approximate surface area is 175 Å². The van der Waals surface area contributed by atoms with E-state index in [2.05, 4.69) is 20.4 Å². The molecular formula is C19H19N5O7. The van der Waals surface area contributed by atoms with Crippen LogP contribution in [0.15, 0.2) is 22.9 Å². The van der Waals surface area contributed by atoms with E-state index in [9.17, 15) is 24.0 Å². The first-order valence-electron chi connectivity index (χ1n) is 9.60. The van der Waals surface area contributed by atoms with E-state index in [1.165, 1.54) is 18.1 Å². The van der Waals surface area contributed by atoms with E-state index < -0.39 is 41.6 Å². The van der Waals surface area contributed by atoms with Crippen LogP contribution in [0.1, 0.15) is 41.1 Å². The highest BCUT2D eigenvalue weighted by Crippen LogP contribution is 2.27. The molecule has 2 aliphatic rings. The fourth-order valence-electron chi connectivity index (χ4n) is 3.80. The van der Waals surface area contributed by atoms with Crippen molar-refractivity contribution in [3.05, 3.63) is 35.5 Å². The van der Waals surface area contributed by atoms with E-state index >= 15 is 0 Å². The molecule has 0 aromatic carbocycles. The molecule has 2 atom stereocenters. The first-order chi connectivity index (χ1) is 14.9. The monoisotopic (exact) mass is 429 g/mol. The Hall–Kier alpha value is -3.83. The number of piperidine rings is 1. The molecule has 1 N–H and O–H groups in total. The molecule has 4 amide bonds. The number of carbonyl (C=O) groups excluding carboxylic acids is 5. The Morgan fingerprint density at radius 3 is 2.87 bits per heavy atom. The van der Waals surface area contributed by atoms with Gasteiger partial charge >= 0.3 is 5.97 Å².